The molecule has 27 heavy (non-hydrogen) atoms. The van der Waals surface area contributed by atoms with E-state index in [4.69, 9.17) is 6.42 Å². The van der Waals surface area contributed by atoms with Gasteiger partial charge in [-0.2, -0.15) is 5.10 Å². The van der Waals surface area contributed by atoms with Crippen molar-refractivity contribution >= 4 is 11.6 Å². The van der Waals surface area contributed by atoms with Gasteiger partial charge in [-0.05, 0) is 52.0 Å². The summed E-state index contributed by atoms with van der Waals surface area (Å²) >= 11 is 0. The summed E-state index contributed by atoms with van der Waals surface area (Å²) in [7, 11) is 0. The summed E-state index contributed by atoms with van der Waals surface area (Å²) in [6.07, 6.45) is 5.62. The van der Waals surface area contributed by atoms with E-state index in [-0.39, 0.29) is 12.3 Å². The molecule has 0 saturated heterocycles. The lowest BCUT2D eigenvalue weighted by atomic mass is 10.1. The molecule has 1 amide bonds. The van der Waals surface area contributed by atoms with Crippen LogP contribution in [-0.4, -0.2) is 25.7 Å². The second-order valence-electron chi connectivity index (χ2n) is 6.46. The van der Waals surface area contributed by atoms with Crippen molar-refractivity contribution in [1.29, 1.82) is 0 Å². The van der Waals surface area contributed by atoms with Gasteiger partial charge in [-0.25, -0.2) is 14.6 Å². The van der Waals surface area contributed by atoms with Crippen molar-refractivity contribution < 1.29 is 4.79 Å². The molecule has 6 heteroatoms. The lowest BCUT2D eigenvalue weighted by Gasteiger charge is -2.07. The highest BCUT2D eigenvalue weighted by atomic mass is 16.1. The minimum absolute atomic E-state index is 0.128. The summed E-state index contributed by atoms with van der Waals surface area (Å²) in [4.78, 5) is 21.4. The van der Waals surface area contributed by atoms with E-state index in [2.05, 4.69) is 26.3 Å². The summed E-state index contributed by atoms with van der Waals surface area (Å²) in [5.74, 6) is 2.95. The highest BCUT2D eigenvalue weighted by Crippen LogP contribution is 2.18. The summed E-state index contributed by atoms with van der Waals surface area (Å²) in [6, 6.07) is 9.12. The molecule has 0 radical (unpaired) electrons. The Labute approximate surface area is 158 Å². The van der Waals surface area contributed by atoms with E-state index in [1.165, 1.54) is 0 Å². The first-order valence-electron chi connectivity index (χ1n) is 8.61. The van der Waals surface area contributed by atoms with Crippen LogP contribution >= 0.6 is 0 Å². The Kier molecular flexibility index (Phi) is 5.04. The molecule has 0 bridgehead atoms. The maximum absolute atomic E-state index is 12.5. The van der Waals surface area contributed by atoms with Crippen LogP contribution in [0.1, 0.15) is 33.9 Å². The van der Waals surface area contributed by atoms with Gasteiger partial charge in [-0.15, -0.1) is 6.42 Å². The van der Waals surface area contributed by atoms with E-state index in [9.17, 15) is 4.79 Å². The number of carbonyl (C=O) groups excluding carboxylic acids is 1. The van der Waals surface area contributed by atoms with Crippen LogP contribution in [0.2, 0.25) is 0 Å². The van der Waals surface area contributed by atoms with Crippen LogP contribution in [0, 0.1) is 40.0 Å². The van der Waals surface area contributed by atoms with Crippen LogP contribution < -0.4 is 5.32 Å². The van der Waals surface area contributed by atoms with Gasteiger partial charge < -0.3 is 5.32 Å². The molecule has 0 fully saturated rings. The second-order valence-corrected chi connectivity index (χ2v) is 6.46. The van der Waals surface area contributed by atoms with Gasteiger partial charge in [0, 0.05) is 33.9 Å². The third-order valence-electron chi connectivity index (χ3n) is 4.25. The smallest absolute Gasteiger partial charge is 0.251 e. The molecular weight excluding hydrogens is 338 g/mol. The van der Waals surface area contributed by atoms with E-state index < -0.39 is 0 Å². The number of anilines is 1. The molecule has 0 atom stereocenters. The minimum atomic E-state index is -0.128. The summed E-state index contributed by atoms with van der Waals surface area (Å²) in [5, 5.41) is 7.42. The number of aryl methyl sites for hydroxylation is 3. The van der Waals surface area contributed by atoms with Crippen molar-refractivity contribution in [2.24, 2.45) is 0 Å². The third kappa shape index (κ3) is 4.04. The zero-order chi connectivity index (χ0) is 19.6. The Balaban J connectivity index is 1.84. The van der Waals surface area contributed by atoms with E-state index in [0.29, 0.717) is 11.6 Å². The quantitative estimate of drug-likeness (QED) is 0.727. The molecule has 136 valence electrons. The molecule has 3 aromatic rings. The zero-order valence-corrected chi connectivity index (χ0v) is 15.9. The van der Waals surface area contributed by atoms with Crippen molar-refractivity contribution in [3.05, 3.63) is 64.2 Å². The lowest BCUT2D eigenvalue weighted by molar-refractivity contribution is -0.115. The minimum Gasteiger partial charge on any atom is -0.326 e. The SMILES string of the molecule is C#Cc1cccc(NC(=O)Cc2c(C)nn(-c3nc(C)cc(C)n3)c2C)c1. The van der Waals surface area contributed by atoms with Gasteiger partial charge in [0.05, 0.1) is 12.1 Å². The molecule has 2 aromatic heterocycles. The second kappa shape index (κ2) is 7.42. The highest BCUT2D eigenvalue weighted by molar-refractivity contribution is 5.92. The van der Waals surface area contributed by atoms with Crippen LogP contribution in [0.3, 0.4) is 0 Å². The topological polar surface area (TPSA) is 72.7 Å². The number of terminal acetylenes is 1. The fourth-order valence-corrected chi connectivity index (χ4v) is 2.98. The zero-order valence-electron chi connectivity index (χ0n) is 15.9. The monoisotopic (exact) mass is 359 g/mol. The Bertz CT molecular complexity index is 1040. The number of hydrogen-bond donors (Lipinski definition) is 1. The summed E-state index contributed by atoms with van der Waals surface area (Å²) < 4.78 is 1.69. The average Bonchev–Trinajstić information content (AvgIpc) is 2.89. The van der Waals surface area contributed by atoms with E-state index >= 15 is 0 Å². The van der Waals surface area contributed by atoms with Gasteiger partial charge >= 0.3 is 0 Å². The van der Waals surface area contributed by atoms with Crippen molar-refractivity contribution in [2.45, 2.75) is 34.1 Å². The molecule has 3 rings (SSSR count). The molecule has 0 unspecified atom stereocenters. The largest absolute Gasteiger partial charge is 0.326 e. The number of aromatic nitrogens is 4. The normalized spacial score (nSPS) is 10.5. The maximum Gasteiger partial charge on any atom is 0.251 e. The third-order valence-corrected chi connectivity index (χ3v) is 4.25. The molecule has 6 nitrogen and oxygen atoms in total. The highest BCUT2D eigenvalue weighted by Gasteiger charge is 2.17. The van der Waals surface area contributed by atoms with E-state index in [0.717, 1.165) is 33.9 Å². The average molecular weight is 359 g/mol. The summed E-state index contributed by atoms with van der Waals surface area (Å²) in [6.45, 7) is 7.64. The molecule has 0 aliphatic heterocycles. The first-order chi connectivity index (χ1) is 12.9. The van der Waals surface area contributed by atoms with Crippen LogP contribution in [0.25, 0.3) is 5.95 Å². The Morgan fingerprint density at radius 1 is 1.15 bits per heavy atom. The van der Waals surface area contributed by atoms with Crippen molar-refractivity contribution in [2.75, 3.05) is 5.32 Å². The number of hydrogen-bond acceptors (Lipinski definition) is 4. The molecule has 0 aliphatic rings. The predicted molar refractivity (Wildman–Crippen MR) is 105 cm³/mol. The van der Waals surface area contributed by atoms with Crippen molar-refractivity contribution in [1.82, 2.24) is 19.7 Å². The Morgan fingerprint density at radius 2 is 1.85 bits per heavy atom. The van der Waals surface area contributed by atoms with Crippen molar-refractivity contribution in [3.8, 4) is 18.3 Å². The fraction of sp³-hybridized carbons (Fsp3) is 0.238. The standard InChI is InChI=1S/C21H21N5O/c1-6-17-8-7-9-18(11-17)24-20(27)12-19-15(4)25-26(16(19)5)21-22-13(2)10-14(3)23-21/h1,7-11H,12H2,2-5H3,(H,24,27). The molecule has 1 aromatic carbocycles. The van der Waals surface area contributed by atoms with Crippen LogP contribution in [0.5, 0.6) is 0 Å². The van der Waals surface area contributed by atoms with Gasteiger partial charge in [-0.3, -0.25) is 4.79 Å². The fourth-order valence-electron chi connectivity index (χ4n) is 2.98. The molecule has 0 aliphatic carbocycles. The molecule has 2 heterocycles. The van der Waals surface area contributed by atoms with Gasteiger partial charge in [0.25, 0.3) is 5.95 Å². The van der Waals surface area contributed by atoms with Gasteiger partial charge in [-0.1, -0.05) is 12.0 Å². The van der Waals surface area contributed by atoms with E-state index in [1.54, 1.807) is 10.7 Å². The van der Waals surface area contributed by atoms with Crippen LogP contribution in [0.4, 0.5) is 5.69 Å². The number of nitrogens with one attached hydrogen (secondary N) is 1. The number of rotatable bonds is 4. The number of benzene rings is 1. The first-order valence-corrected chi connectivity index (χ1v) is 8.61. The lowest BCUT2D eigenvalue weighted by Crippen LogP contribution is -2.15. The van der Waals surface area contributed by atoms with E-state index in [1.807, 2.05) is 52.0 Å². The maximum atomic E-state index is 12.5. The van der Waals surface area contributed by atoms with Gasteiger partial charge in [0.2, 0.25) is 5.91 Å². The van der Waals surface area contributed by atoms with Crippen molar-refractivity contribution in [3.63, 3.8) is 0 Å². The molecular formula is C21H21N5O. The number of amides is 1. The molecule has 0 saturated carbocycles. The summed E-state index contributed by atoms with van der Waals surface area (Å²) in [5.41, 5.74) is 5.64. The van der Waals surface area contributed by atoms with Crippen LogP contribution in [0.15, 0.2) is 30.3 Å². The molecule has 0 spiro atoms. The molecule has 1 N–H and O–H groups in total. The first kappa shape index (κ1) is 18.3. The Morgan fingerprint density at radius 3 is 2.52 bits per heavy atom. The predicted octanol–water partition coefficient (Wildman–Crippen LogP) is 3.06. The van der Waals surface area contributed by atoms with Gasteiger partial charge in [0.15, 0.2) is 0 Å². The number of carbonyl (C=O) groups is 1. The van der Waals surface area contributed by atoms with Gasteiger partial charge in [0.1, 0.15) is 0 Å². The van der Waals surface area contributed by atoms with Crippen LogP contribution in [-0.2, 0) is 11.2 Å². The Hall–Kier alpha value is -3.46. The number of nitrogens with zero attached hydrogens (tertiary/aromatic N) is 4.